The van der Waals surface area contributed by atoms with Crippen LogP contribution in [0.25, 0.3) is 0 Å². The Morgan fingerprint density at radius 3 is 1.87 bits per heavy atom. The first-order chi connectivity index (χ1) is 6.73. The first-order valence-electron chi connectivity index (χ1n) is 5.35. The van der Waals surface area contributed by atoms with Crippen LogP contribution >= 0.6 is 21.5 Å². The first kappa shape index (κ1) is 15.6. The highest BCUT2D eigenvalue weighted by atomic mass is 79.9. The van der Waals surface area contributed by atoms with Gasteiger partial charge in [-0.05, 0) is 25.0 Å². The molecule has 0 saturated carbocycles. The molecular formula is C12H19Br2P. The van der Waals surface area contributed by atoms with Crippen molar-refractivity contribution in [1.29, 1.82) is 0 Å². The van der Waals surface area contributed by atoms with Crippen molar-refractivity contribution in [2.24, 2.45) is 0 Å². The molecule has 86 valence electrons. The molecule has 0 fully saturated rings. The van der Waals surface area contributed by atoms with E-state index in [1.165, 1.54) is 30.5 Å². The minimum Gasteiger partial charge on any atom is -1.00 e. The number of hydrogen-bond acceptors (Lipinski definition) is 0. The predicted octanol–water partition coefficient (Wildman–Crippen LogP) is 1.46. The van der Waals surface area contributed by atoms with Crippen LogP contribution in [0.15, 0.2) is 30.3 Å². The van der Waals surface area contributed by atoms with Crippen LogP contribution in [-0.4, -0.2) is 12.3 Å². The molecule has 15 heavy (non-hydrogen) atoms. The van der Waals surface area contributed by atoms with Gasteiger partial charge in [0.15, 0.2) is 0 Å². The Morgan fingerprint density at radius 1 is 1.00 bits per heavy atom. The Kier molecular flexibility index (Phi) is 8.13. The number of benzene rings is 1. The second-order valence-electron chi connectivity index (χ2n) is 3.65. The molecule has 0 amide bonds. The summed E-state index contributed by atoms with van der Waals surface area (Å²) in [4.78, 5) is 0. The minimum atomic E-state index is -1.01. The number of hydrogen-bond donors (Lipinski definition) is 0. The van der Waals surface area contributed by atoms with Crippen molar-refractivity contribution in [3.8, 4) is 0 Å². The van der Waals surface area contributed by atoms with Gasteiger partial charge >= 0.3 is 0 Å². The van der Waals surface area contributed by atoms with Crippen molar-refractivity contribution >= 4 is 26.8 Å². The molecule has 0 aliphatic rings. The Labute approximate surface area is 113 Å². The van der Waals surface area contributed by atoms with Crippen LogP contribution in [0.2, 0.25) is 0 Å². The lowest BCUT2D eigenvalue weighted by molar-refractivity contribution is -0.00000288. The van der Waals surface area contributed by atoms with Crippen LogP contribution in [-0.2, 0) is 0 Å². The smallest absolute Gasteiger partial charge is 0.144 e. The number of halogens is 2. The molecule has 3 heteroatoms. The normalized spacial score (nSPS) is 10.9. The Balaban J connectivity index is 0.00000196. The van der Waals surface area contributed by atoms with E-state index < -0.39 is 5.96 Å². The van der Waals surface area contributed by atoms with E-state index in [1.807, 2.05) is 0 Å². The molecule has 1 aromatic rings. The van der Waals surface area contributed by atoms with E-state index >= 15 is 0 Å². The van der Waals surface area contributed by atoms with Gasteiger partial charge in [-0.15, -0.1) is 0 Å². The standard InChI is InChI=1S/C12H19BrP.BrH/c1-3-10-14(13,11-4-2)12-8-6-5-7-9-12;/h5-9H,3-4,10-11H2,1-2H3;1H/q+1;/p-1. The van der Waals surface area contributed by atoms with E-state index in [9.17, 15) is 0 Å². The van der Waals surface area contributed by atoms with Crippen LogP contribution in [0, 0.1) is 0 Å². The third-order valence-electron chi connectivity index (χ3n) is 2.38. The van der Waals surface area contributed by atoms with E-state index in [1.54, 1.807) is 0 Å². The lowest BCUT2D eigenvalue weighted by Crippen LogP contribution is -3.00. The molecule has 0 nitrogen and oxygen atoms in total. The van der Waals surface area contributed by atoms with Crippen LogP contribution in [0.5, 0.6) is 0 Å². The zero-order chi connectivity index (χ0) is 10.4. The molecular weight excluding hydrogens is 335 g/mol. The second kappa shape index (κ2) is 7.81. The van der Waals surface area contributed by atoms with E-state index in [0.29, 0.717) is 0 Å². The highest BCUT2D eigenvalue weighted by molar-refractivity contribution is 9.43. The summed E-state index contributed by atoms with van der Waals surface area (Å²) in [5, 5.41) is 1.53. The minimum absolute atomic E-state index is 0. The summed E-state index contributed by atoms with van der Waals surface area (Å²) < 4.78 is 0. The zero-order valence-electron chi connectivity index (χ0n) is 9.42. The Hall–Kier alpha value is 0.610. The van der Waals surface area contributed by atoms with E-state index in [4.69, 9.17) is 0 Å². The summed E-state index contributed by atoms with van der Waals surface area (Å²) >= 11 is 4.03. The van der Waals surface area contributed by atoms with Crippen molar-refractivity contribution in [3.63, 3.8) is 0 Å². The summed E-state index contributed by atoms with van der Waals surface area (Å²) in [6.07, 6.45) is 5.19. The summed E-state index contributed by atoms with van der Waals surface area (Å²) in [7, 11) is 0. The van der Waals surface area contributed by atoms with Gasteiger partial charge < -0.3 is 17.0 Å². The summed E-state index contributed by atoms with van der Waals surface area (Å²) in [6, 6.07) is 10.9. The highest BCUT2D eigenvalue weighted by Crippen LogP contribution is 2.65. The van der Waals surface area contributed by atoms with E-state index in [-0.39, 0.29) is 17.0 Å². The van der Waals surface area contributed by atoms with Gasteiger partial charge in [-0.1, -0.05) is 32.0 Å². The van der Waals surface area contributed by atoms with E-state index in [0.717, 1.165) is 0 Å². The summed E-state index contributed by atoms with van der Waals surface area (Å²) in [6.45, 7) is 4.54. The topological polar surface area (TPSA) is 0 Å². The molecule has 0 bridgehead atoms. The van der Waals surface area contributed by atoms with Crippen molar-refractivity contribution in [3.05, 3.63) is 30.3 Å². The lowest BCUT2D eigenvalue weighted by Gasteiger charge is -2.18. The van der Waals surface area contributed by atoms with Gasteiger partial charge in [0.2, 0.25) is 0 Å². The molecule has 1 aromatic carbocycles. The third-order valence-corrected chi connectivity index (χ3v) is 9.27. The van der Waals surface area contributed by atoms with Gasteiger partial charge in [-0.3, -0.25) is 0 Å². The van der Waals surface area contributed by atoms with Gasteiger partial charge in [0.25, 0.3) is 0 Å². The van der Waals surface area contributed by atoms with Crippen molar-refractivity contribution in [2.45, 2.75) is 26.7 Å². The molecule has 0 radical (unpaired) electrons. The molecule has 0 aromatic heterocycles. The molecule has 0 aliphatic heterocycles. The average Bonchev–Trinajstić information content (AvgIpc) is 2.20. The quantitative estimate of drug-likeness (QED) is 0.703. The fourth-order valence-corrected chi connectivity index (χ4v) is 7.48. The van der Waals surface area contributed by atoms with Gasteiger partial charge in [-0.25, -0.2) is 0 Å². The molecule has 0 aliphatic carbocycles. The van der Waals surface area contributed by atoms with Crippen LogP contribution in [0.3, 0.4) is 0 Å². The second-order valence-corrected chi connectivity index (χ2v) is 10.9. The summed E-state index contributed by atoms with van der Waals surface area (Å²) in [5.74, 6) is -1.01. The van der Waals surface area contributed by atoms with Crippen LogP contribution in [0.4, 0.5) is 0 Å². The van der Waals surface area contributed by atoms with Crippen molar-refractivity contribution in [1.82, 2.24) is 0 Å². The van der Waals surface area contributed by atoms with Gasteiger partial charge in [0.05, 0.1) is 12.3 Å². The Morgan fingerprint density at radius 2 is 1.47 bits per heavy atom. The fraction of sp³-hybridized carbons (Fsp3) is 0.500. The molecule has 0 spiro atoms. The largest absolute Gasteiger partial charge is 1.00 e. The van der Waals surface area contributed by atoms with Gasteiger partial charge in [-0.2, -0.15) is 0 Å². The fourth-order valence-electron chi connectivity index (χ4n) is 1.77. The zero-order valence-corrected chi connectivity index (χ0v) is 13.5. The maximum absolute atomic E-state index is 4.03. The monoisotopic (exact) mass is 352 g/mol. The summed E-state index contributed by atoms with van der Waals surface area (Å²) in [5.41, 5.74) is 0. The van der Waals surface area contributed by atoms with Crippen LogP contribution in [0.1, 0.15) is 26.7 Å². The Bertz CT molecular complexity index is 256. The molecule has 0 heterocycles. The third kappa shape index (κ3) is 4.54. The molecule has 0 N–H and O–H groups in total. The van der Waals surface area contributed by atoms with Crippen LogP contribution < -0.4 is 22.3 Å². The molecule has 0 unspecified atom stereocenters. The van der Waals surface area contributed by atoms with E-state index in [2.05, 4.69) is 59.7 Å². The molecule has 0 atom stereocenters. The highest BCUT2D eigenvalue weighted by Gasteiger charge is 2.35. The molecule has 0 saturated heterocycles. The van der Waals surface area contributed by atoms with Crippen molar-refractivity contribution < 1.29 is 17.0 Å². The first-order valence-corrected chi connectivity index (χ1v) is 9.53. The van der Waals surface area contributed by atoms with Crippen molar-refractivity contribution in [2.75, 3.05) is 12.3 Å². The number of rotatable bonds is 5. The predicted molar refractivity (Wildman–Crippen MR) is 72.2 cm³/mol. The molecule has 1 rings (SSSR count). The maximum atomic E-state index is 4.03. The average molecular weight is 354 g/mol. The lowest BCUT2D eigenvalue weighted by atomic mass is 10.4. The SMILES string of the molecule is CCC[P+](Br)(CCC)c1ccccc1.[Br-]. The van der Waals surface area contributed by atoms with Gasteiger partial charge in [0, 0.05) is 0 Å². The van der Waals surface area contributed by atoms with Gasteiger partial charge in [0.1, 0.15) is 26.8 Å². The maximum Gasteiger partial charge on any atom is 0.144 e.